The van der Waals surface area contributed by atoms with Crippen molar-refractivity contribution < 1.29 is 16.8 Å². The molecule has 0 aromatic carbocycles. The predicted octanol–water partition coefficient (Wildman–Crippen LogP) is 7.45. The van der Waals surface area contributed by atoms with E-state index in [1.54, 1.807) is 0 Å². The quantitative estimate of drug-likeness (QED) is 0.355. The number of carbonyl (C=O) groups is 1. The first-order valence-corrected chi connectivity index (χ1v) is 17.8. The maximum Gasteiger partial charge on any atom is 0.277 e. The van der Waals surface area contributed by atoms with Gasteiger partial charge in [0.05, 0.1) is 11.2 Å². The molecule has 6 heteroatoms. The minimum Gasteiger partial charge on any atom is -0.299 e. The second kappa shape index (κ2) is 9.67. The summed E-state index contributed by atoms with van der Waals surface area (Å²) in [4.78, 5) is 13.2. The van der Waals surface area contributed by atoms with E-state index in [-0.39, 0.29) is 17.0 Å². The van der Waals surface area contributed by atoms with Crippen LogP contribution in [-0.4, -0.2) is 35.7 Å². The highest BCUT2D eigenvalue weighted by atomic mass is 32.3. The number of hydrogen-bond donors (Lipinski definition) is 0. The lowest BCUT2D eigenvalue weighted by Gasteiger charge is -2.57. The van der Waals surface area contributed by atoms with E-state index in [4.69, 9.17) is 3.63 Å². The molecule has 0 spiro atoms. The Bertz CT molecular complexity index is 802. The van der Waals surface area contributed by atoms with Gasteiger partial charge >= 0.3 is 0 Å². The van der Waals surface area contributed by atoms with Crippen LogP contribution in [-0.2, 0) is 18.5 Å². The molecule has 0 radical (unpaired) electrons. The van der Waals surface area contributed by atoms with Crippen LogP contribution in [0.4, 0.5) is 0 Å². The lowest BCUT2D eigenvalue weighted by Crippen LogP contribution is -2.46. The molecule has 5 aliphatic carbocycles. The molecular formula is C28H48O4S2. The third-order valence-corrected chi connectivity index (χ3v) is 18.2. The zero-order chi connectivity index (χ0) is 24.0. The third-order valence-electron chi connectivity index (χ3n) is 11.0. The minimum atomic E-state index is -3.80. The number of carbonyl (C=O) groups excluding carboxylic acids is 1. The van der Waals surface area contributed by atoms with Crippen LogP contribution in [0.3, 0.4) is 0 Å². The molecule has 0 saturated heterocycles. The van der Waals surface area contributed by atoms with Crippen LogP contribution in [0, 0.1) is 16.7 Å². The van der Waals surface area contributed by atoms with Gasteiger partial charge in [-0.1, -0.05) is 71.6 Å². The first-order chi connectivity index (χ1) is 16.2. The number of rotatable bonds is 7. The molecule has 2 atom stereocenters. The molecule has 0 aliphatic heterocycles. The van der Waals surface area contributed by atoms with E-state index in [0.29, 0.717) is 28.1 Å². The lowest BCUT2D eigenvalue weighted by molar-refractivity contribution is -0.128. The molecule has 34 heavy (non-hydrogen) atoms. The maximum absolute atomic E-state index is 14.2. The Morgan fingerprint density at radius 1 is 0.735 bits per heavy atom. The summed E-state index contributed by atoms with van der Waals surface area (Å²) in [7, 11) is -5.58. The number of hydrogen-bond acceptors (Lipinski definition) is 4. The van der Waals surface area contributed by atoms with Gasteiger partial charge in [-0.2, -0.15) is 8.42 Å². The Kier molecular flexibility index (Phi) is 7.27. The standard InChI is InChI=1S/C28H48O4S2/c1-27(2)22-18-19-28(27,26(29)20-22)21-33(30,31)32-34(23-12-6-3-7-13-23,24-14-8-4-9-15-24)25-16-10-5-11-17-25/h22-25H,3-21H2,1-2H3. The number of Topliss-reactive ketones (excluding diaryl/α,β-unsaturated/α-hetero) is 1. The summed E-state index contributed by atoms with van der Waals surface area (Å²) in [5, 5.41) is 1.30. The van der Waals surface area contributed by atoms with Gasteiger partial charge in [0.1, 0.15) is 5.78 Å². The molecule has 0 N–H and O–H groups in total. The molecule has 2 unspecified atom stereocenters. The van der Waals surface area contributed by atoms with Crippen molar-refractivity contribution in [3.63, 3.8) is 0 Å². The van der Waals surface area contributed by atoms with Gasteiger partial charge < -0.3 is 0 Å². The summed E-state index contributed by atoms with van der Waals surface area (Å²) in [5.74, 6) is 0.459. The predicted molar refractivity (Wildman–Crippen MR) is 142 cm³/mol. The molecular weight excluding hydrogens is 464 g/mol. The van der Waals surface area contributed by atoms with Gasteiger partial charge in [0.2, 0.25) is 0 Å². The second-order valence-electron chi connectivity index (χ2n) is 12.9. The van der Waals surface area contributed by atoms with Gasteiger partial charge in [0, 0.05) is 22.2 Å². The molecule has 5 aliphatic rings. The smallest absolute Gasteiger partial charge is 0.277 e. The van der Waals surface area contributed by atoms with E-state index >= 15 is 0 Å². The summed E-state index contributed by atoms with van der Waals surface area (Å²) in [6, 6.07) is 0. The Balaban J connectivity index is 1.52. The van der Waals surface area contributed by atoms with Gasteiger partial charge in [-0.3, -0.25) is 4.79 Å². The maximum atomic E-state index is 14.2. The van der Waals surface area contributed by atoms with Gasteiger partial charge in [-0.05, 0) is 62.7 Å². The van der Waals surface area contributed by atoms with Gasteiger partial charge in [-0.25, -0.2) is 3.63 Å². The number of ketones is 1. The summed E-state index contributed by atoms with van der Waals surface area (Å²) >= 11 is 0. The minimum absolute atomic E-state index is 0.0662. The van der Waals surface area contributed by atoms with Gasteiger partial charge in [-0.15, -0.1) is 10.3 Å². The van der Waals surface area contributed by atoms with Crippen molar-refractivity contribution in [1.29, 1.82) is 0 Å². The summed E-state index contributed by atoms with van der Waals surface area (Å²) in [6.07, 6.45) is 20.3. The zero-order valence-corrected chi connectivity index (χ0v) is 23.3. The average molecular weight is 513 g/mol. The van der Waals surface area contributed by atoms with Crippen molar-refractivity contribution in [3.05, 3.63) is 0 Å². The van der Waals surface area contributed by atoms with E-state index < -0.39 is 25.8 Å². The molecule has 196 valence electrons. The highest BCUT2D eigenvalue weighted by molar-refractivity contribution is 8.34. The fourth-order valence-electron chi connectivity index (χ4n) is 8.90. The molecule has 4 nitrogen and oxygen atoms in total. The Morgan fingerprint density at radius 2 is 1.18 bits per heavy atom. The largest absolute Gasteiger partial charge is 0.299 e. The van der Waals surface area contributed by atoms with Gasteiger partial charge in [0.25, 0.3) is 10.1 Å². The topological polar surface area (TPSA) is 60.4 Å². The van der Waals surface area contributed by atoms with Crippen LogP contribution in [0.1, 0.15) is 129 Å². The molecule has 0 amide bonds. The van der Waals surface area contributed by atoms with E-state index in [1.807, 2.05) is 0 Å². The summed E-state index contributed by atoms with van der Waals surface area (Å²) in [6.45, 7) is 4.29. The second-order valence-corrected chi connectivity index (χ2v) is 18.3. The van der Waals surface area contributed by atoms with Gasteiger partial charge in [0.15, 0.2) is 0 Å². The van der Waals surface area contributed by atoms with Crippen LogP contribution in [0.25, 0.3) is 0 Å². The molecule has 5 fully saturated rings. The molecule has 5 rings (SSSR count). The third kappa shape index (κ3) is 4.23. The van der Waals surface area contributed by atoms with E-state index in [9.17, 15) is 13.2 Å². The van der Waals surface area contributed by atoms with Crippen molar-refractivity contribution >= 4 is 26.2 Å². The number of fused-ring (bicyclic) bond motifs is 2. The van der Waals surface area contributed by atoms with Crippen molar-refractivity contribution in [2.45, 2.75) is 145 Å². The Labute approximate surface area is 210 Å². The van der Waals surface area contributed by atoms with Crippen LogP contribution in [0.2, 0.25) is 0 Å². The highest BCUT2D eigenvalue weighted by Gasteiger charge is 2.66. The molecule has 5 saturated carbocycles. The summed E-state index contributed by atoms with van der Waals surface area (Å²) in [5.41, 5.74) is -0.966. The summed E-state index contributed by atoms with van der Waals surface area (Å²) < 4.78 is 35.3. The fraction of sp³-hybridized carbons (Fsp3) is 0.964. The lowest BCUT2D eigenvalue weighted by atomic mass is 9.70. The van der Waals surface area contributed by atoms with Crippen LogP contribution in [0.15, 0.2) is 0 Å². The van der Waals surface area contributed by atoms with E-state index in [1.165, 1.54) is 57.8 Å². The fourth-order valence-corrected chi connectivity index (χ4v) is 18.0. The highest BCUT2D eigenvalue weighted by Crippen LogP contribution is 2.71. The normalized spacial score (nSPS) is 34.5. The van der Waals surface area contributed by atoms with Crippen LogP contribution < -0.4 is 0 Å². The van der Waals surface area contributed by atoms with Crippen molar-refractivity contribution in [2.24, 2.45) is 16.7 Å². The Hall–Kier alpha value is -0.0700. The monoisotopic (exact) mass is 512 g/mol. The van der Waals surface area contributed by atoms with Crippen molar-refractivity contribution in [3.8, 4) is 0 Å². The first-order valence-electron chi connectivity index (χ1n) is 14.5. The molecule has 2 bridgehead atoms. The van der Waals surface area contributed by atoms with Crippen LogP contribution in [0.5, 0.6) is 0 Å². The van der Waals surface area contributed by atoms with Crippen molar-refractivity contribution in [1.82, 2.24) is 0 Å². The van der Waals surface area contributed by atoms with Crippen LogP contribution >= 0.6 is 10.3 Å². The van der Waals surface area contributed by atoms with E-state index in [0.717, 1.165) is 51.4 Å². The zero-order valence-electron chi connectivity index (χ0n) is 21.7. The molecule has 0 aromatic heterocycles. The molecule has 0 aromatic rings. The SMILES string of the molecule is CC1(C)C2CCC1(CS(=O)(=O)OS(C1CCCCC1)(C1CCCCC1)C1CCCCC1)C(=O)C2. The van der Waals surface area contributed by atoms with Crippen molar-refractivity contribution in [2.75, 3.05) is 5.75 Å². The Morgan fingerprint density at radius 3 is 1.53 bits per heavy atom. The van der Waals surface area contributed by atoms with E-state index in [2.05, 4.69) is 13.8 Å². The average Bonchev–Trinajstić information content (AvgIpc) is 3.18. The first kappa shape index (κ1) is 25.6. The molecule has 0 heterocycles.